The average molecular weight is 250 g/mol. The van der Waals surface area contributed by atoms with Crippen LogP contribution in [-0.4, -0.2) is 12.0 Å². The molecule has 0 atom stereocenters. The Morgan fingerprint density at radius 3 is 2.41 bits per heavy atom. The van der Waals surface area contributed by atoms with Gasteiger partial charge >= 0.3 is 6.18 Å². The number of hydrogen-bond donors (Lipinski definition) is 1. The monoisotopic (exact) mass is 250 g/mol. The number of hydrogen-bond acceptors (Lipinski definition) is 4. The van der Waals surface area contributed by atoms with Crippen molar-refractivity contribution in [3.8, 4) is 5.75 Å². The van der Waals surface area contributed by atoms with Crippen LogP contribution in [0, 0.1) is 10.1 Å². The fourth-order valence-electron chi connectivity index (χ4n) is 1.38. The van der Waals surface area contributed by atoms with Crippen LogP contribution < -0.4 is 10.5 Å². The van der Waals surface area contributed by atoms with Crippen molar-refractivity contribution in [2.24, 2.45) is 5.73 Å². The van der Waals surface area contributed by atoms with Gasteiger partial charge in [0.25, 0.3) is 5.69 Å². The van der Waals surface area contributed by atoms with Gasteiger partial charge in [0.2, 0.25) is 0 Å². The Morgan fingerprint density at radius 1 is 1.47 bits per heavy atom. The molecule has 17 heavy (non-hydrogen) atoms. The van der Waals surface area contributed by atoms with Crippen molar-refractivity contribution < 1.29 is 22.8 Å². The molecule has 94 valence electrons. The third kappa shape index (κ3) is 2.64. The maximum Gasteiger partial charge on any atom is 0.417 e. The van der Waals surface area contributed by atoms with Crippen LogP contribution in [0.3, 0.4) is 0 Å². The molecule has 2 N–H and O–H groups in total. The Hall–Kier alpha value is -1.83. The van der Waals surface area contributed by atoms with E-state index in [9.17, 15) is 23.3 Å². The highest BCUT2D eigenvalue weighted by atomic mass is 19.4. The molecule has 0 saturated heterocycles. The summed E-state index contributed by atoms with van der Waals surface area (Å²) in [5.74, 6) is -0.235. The van der Waals surface area contributed by atoms with Gasteiger partial charge in [-0.05, 0) is 6.07 Å². The molecular formula is C9H9F3N2O3. The molecule has 0 heterocycles. The van der Waals surface area contributed by atoms with Gasteiger partial charge in [-0.25, -0.2) is 0 Å². The summed E-state index contributed by atoms with van der Waals surface area (Å²) in [5.41, 5.74) is 2.74. The number of alkyl halides is 3. The number of halogens is 3. The van der Waals surface area contributed by atoms with E-state index < -0.39 is 34.5 Å². The van der Waals surface area contributed by atoms with Gasteiger partial charge in [0.1, 0.15) is 5.75 Å². The van der Waals surface area contributed by atoms with E-state index >= 15 is 0 Å². The predicted molar refractivity (Wildman–Crippen MR) is 52.5 cm³/mol. The van der Waals surface area contributed by atoms with Crippen LogP contribution in [0.1, 0.15) is 11.1 Å². The summed E-state index contributed by atoms with van der Waals surface area (Å²) in [4.78, 5) is 9.74. The number of benzene rings is 1. The fourth-order valence-corrected chi connectivity index (χ4v) is 1.38. The minimum absolute atomic E-state index is 0.235. The number of methoxy groups -OCH3 is 1. The van der Waals surface area contributed by atoms with Crippen LogP contribution in [0.5, 0.6) is 5.75 Å². The number of nitrogens with two attached hydrogens (primary N) is 1. The minimum atomic E-state index is -4.71. The zero-order valence-electron chi connectivity index (χ0n) is 8.75. The van der Waals surface area contributed by atoms with E-state index in [2.05, 4.69) is 4.74 Å². The zero-order valence-corrected chi connectivity index (χ0v) is 8.75. The molecule has 0 bridgehead atoms. The quantitative estimate of drug-likeness (QED) is 0.658. The highest BCUT2D eigenvalue weighted by Gasteiger charge is 2.37. The van der Waals surface area contributed by atoms with E-state index in [1.807, 2.05) is 0 Å². The summed E-state index contributed by atoms with van der Waals surface area (Å²) in [6, 6.07) is 1.60. The molecule has 0 amide bonds. The zero-order chi connectivity index (χ0) is 13.2. The van der Waals surface area contributed by atoms with Gasteiger partial charge in [-0.1, -0.05) is 0 Å². The van der Waals surface area contributed by atoms with Crippen LogP contribution in [0.15, 0.2) is 12.1 Å². The van der Waals surface area contributed by atoms with Crippen LogP contribution in [0.25, 0.3) is 0 Å². The van der Waals surface area contributed by atoms with Gasteiger partial charge in [-0.15, -0.1) is 0 Å². The molecule has 0 aromatic heterocycles. The number of nitro benzene ring substituents is 1. The van der Waals surface area contributed by atoms with Crippen molar-refractivity contribution in [2.45, 2.75) is 12.7 Å². The van der Waals surface area contributed by atoms with E-state index in [0.29, 0.717) is 6.07 Å². The molecule has 1 aromatic rings. The summed E-state index contributed by atoms with van der Waals surface area (Å²) in [6.07, 6.45) is -4.71. The minimum Gasteiger partial charge on any atom is -0.496 e. The van der Waals surface area contributed by atoms with Crippen molar-refractivity contribution in [3.05, 3.63) is 33.4 Å². The molecular weight excluding hydrogens is 241 g/mol. The Labute approximate surface area is 94.1 Å². The van der Waals surface area contributed by atoms with E-state index in [1.54, 1.807) is 0 Å². The first-order valence-electron chi connectivity index (χ1n) is 4.43. The standard InChI is InChI=1S/C9H9F3N2O3/c1-17-5-2-7(9(10,11)12)6(4-13)8(3-5)14(15)16/h2-3H,4,13H2,1H3. The highest BCUT2D eigenvalue weighted by molar-refractivity contribution is 5.52. The van der Waals surface area contributed by atoms with Crippen molar-refractivity contribution in [3.63, 3.8) is 0 Å². The lowest BCUT2D eigenvalue weighted by atomic mass is 10.0. The molecule has 0 fully saturated rings. The number of ether oxygens (including phenoxy) is 1. The Bertz CT molecular complexity index is 446. The van der Waals surface area contributed by atoms with Gasteiger partial charge in [0.15, 0.2) is 0 Å². The Kier molecular flexibility index (Phi) is 3.56. The molecule has 0 aliphatic rings. The second-order valence-electron chi connectivity index (χ2n) is 3.13. The second-order valence-corrected chi connectivity index (χ2v) is 3.13. The van der Waals surface area contributed by atoms with E-state index in [1.165, 1.54) is 0 Å². The van der Waals surface area contributed by atoms with E-state index in [-0.39, 0.29) is 5.75 Å². The van der Waals surface area contributed by atoms with Gasteiger partial charge in [0, 0.05) is 6.54 Å². The summed E-state index contributed by atoms with van der Waals surface area (Å²) in [7, 11) is 1.13. The van der Waals surface area contributed by atoms with Gasteiger partial charge in [-0.3, -0.25) is 10.1 Å². The summed E-state index contributed by atoms with van der Waals surface area (Å²) < 4.78 is 42.6. The molecule has 8 heteroatoms. The first kappa shape index (κ1) is 13.2. The Morgan fingerprint density at radius 2 is 2.06 bits per heavy atom. The van der Waals surface area contributed by atoms with Crippen LogP contribution in [-0.2, 0) is 12.7 Å². The van der Waals surface area contributed by atoms with Gasteiger partial charge < -0.3 is 10.5 Å². The maximum absolute atomic E-state index is 12.7. The van der Waals surface area contributed by atoms with Crippen molar-refractivity contribution >= 4 is 5.69 Å². The second kappa shape index (κ2) is 4.58. The molecule has 0 spiro atoms. The molecule has 0 unspecified atom stereocenters. The van der Waals surface area contributed by atoms with Crippen LogP contribution >= 0.6 is 0 Å². The molecule has 0 aliphatic carbocycles. The molecule has 5 nitrogen and oxygen atoms in total. The average Bonchev–Trinajstić information content (AvgIpc) is 2.25. The molecule has 1 aromatic carbocycles. The third-order valence-electron chi connectivity index (χ3n) is 2.14. The van der Waals surface area contributed by atoms with Crippen LogP contribution in [0.4, 0.5) is 18.9 Å². The lowest BCUT2D eigenvalue weighted by Crippen LogP contribution is -2.14. The van der Waals surface area contributed by atoms with Gasteiger partial charge in [0.05, 0.1) is 29.2 Å². The molecule has 1 rings (SSSR count). The number of nitrogens with zero attached hydrogens (tertiary/aromatic N) is 1. The number of nitro groups is 1. The smallest absolute Gasteiger partial charge is 0.417 e. The number of rotatable bonds is 3. The molecule has 0 saturated carbocycles. The highest BCUT2D eigenvalue weighted by Crippen LogP contribution is 2.38. The first-order chi connectivity index (χ1) is 7.81. The van der Waals surface area contributed by atoms with E-state index in [4.69, 9.17) is 5.73 Å². The first-order valence-corrected chi connectivity index (χ1v) is 4.43. The largest absolute Gasteiger partial charge is 0.496 e. The topological polar surface area (TPSA) is 78.4 Å². The van der Waals surface area contributed by atoms with E-state index in [0.717, 1.165) is 13.2 Å². The van der Waals surface area contributed by atoms with Gasteiger partial charge in [-0.2, -0.15) is 13.2 Å². The maximum atomic E-state index is 12.7. The Balaban J connectivity index is 3.56. The summed E-state index contributed by atoms with van der Waals surface area (Å²) in [5, 5.41) is 10.7. The molecule has 0 radical (unpaired) electrons. The summed E-state index contributed by atoms with van der Waals surface area (Å²) >= 11 is 0. The summed E-state index contributed by atoms with van der Waals surface area (Å²) in [6.45, 7) is -0.574. The predicted octanol–water partition coefficient (Wildman–Crippen LogP) is 2.08. The lowest BCUT2D eigenvalue weighted by Gasteiger charge is -2.13. The van der Waals surface area contributed by atoms with Crippen molar-refractivity contribution in [1.82, 2.24) is 0 Å². The fraction of sp³-hybridized carbons (Fsp3) is 0.333. The lowest BCUT2D eigenvalue weighted by molar-refractivity contribution is -0.385. The molecule has 0 aliphatic heterocycles. The normalized spacial score (nSPS) is 11.4. The third-order valence-corrected chi connectivity index (χ3v) is 2.14. The SMILES string of the molecule is COc1cc([N+](=O)[O-])c(CN)c(C(F)(F)F)c1. The van der Waals surface area contributed by atoms with Crippen molar-refractivity contribution in [2.75, 3.05) is 7.11 Å². The van der Waals surface area contributed by atoms with Crippen LogP contribution in [0.2, 0.25) is 0 Å². The van der Waals surface area contributed by atoms with Crippen molar-refractivity contribution in [1.29, 1.82) is 0 Å².